The lowest BCUT2D eigenvalue weighted by Gasteiger charge is -2.07. The van der Waals surface area contributed by atoms with Crippen LogP contribution in [0.15, 0.2) is 6.20 Å². The fraction of sp³-hybridized carbons (Fsp3) is 0.500. The zero-order valence-corrected chi connectivity index (χ0v) is 8.87. The molecule has 0 bridgehead atoms. The molecule has 1 aliphatic carbocycles. The van der Waals surface area contributed by atoms with Crippen molar-refractivity contribution in [3.63, 3.8) is 0 Å². The van der Waals surface area contributed by atoms with Crippen LogP contribution in [0.5, 0.6) is 0 Å². The molecule has 1 heterocycles. The Morgan fingerprint density at radius 3 is 2.67 bits per heavy atom. The molecule has 2 rings (SSSR count). The average Bonchev–Trinajstić information content (AvgIpc) is 2.69. The molecule has 1 aliphatic rings. The molecule has 0 unspecified atom stereocenters. The van der Waals surface area contributed by atoms with E-state index in [2.05, 4.69) is 9.97 Å². The van der Waals surface area contributed by atoms with Gasteiger partial charge in [0, 0.05) is 12.1 Å². The maximum absolute atomic E-state index is 10.7. The van der Waals surface area contributed by atoms with Crippen LogP contribution in [-0.4, -0.2) is 21.0 Å². The molecule has 1 N–H and O–H groups in total. The average molecular weight is 227 g/mol. The fourth-order valence-electron chi connectivity index (χ4n) is 1.90. The number of hydrogen-bond acceptors (Lipinski definition) is 3. The molecule has 1 fully saturated rings. The standard InChI is InChI=1S/C10H11ClN2O2/c11-8-7(10(14)15)5-12-9(13-8)6-3-1-2-4-6/h5-6H,1-4H2,(H,14,15). The molecular weight excluding hydrogens is 216 g/mol. The van der Waals surface area contributed by atoms with Gasteiger partial charge in [0.1, 0.15) is 16.5 Å². The first-order valence-corrected chi connectivity index (χ1v) is 5.32. The van der Waals surface area contributed by atoms with Crippen LogP contribution in [0, 0.1) is 0 Å². The number of carboxylic acid groups (broad SMARTS) is 1. The maximum Gasteiger partial charge on any atom is 0.340 e. The number of carbonyl (C=O) groups is 1. The minimum atomic E-state index is -1.09. The third-order valence-corrected chi connectivity index (χ3v) is 3.00. The first kappa shape index (κ1) is 10.4. The summed E-state index contributed by atoms with van der Waals surface area (Å²) in [6.07, 6.45) is 5.81. The molecule has 15 heavy (non-hydrogen) atoms. The van der Waals surface area contributed by atoms with E-state index in [1.807, 2.05) is 0 Å². The van der Waals surface area contributed by atoms with E-state index in [4.69, 9.17) is 16.7 Å². The van der Waals surface area contributed by atoms with E-state index >= 15 is 0 Å². The van der Waals surface area contributed by atoms with Gasteiger partial charge in [0.05, 0.1) is 0 Å². The van der Waals surface area contributed by atoms with Crippen molar-refractivity contribution in [2.75, 3.05) is 0 Å². The molecule has 1 aromatic heterocycles. The van der Waals surface area contributed by atoms with Crippen LogP contribution < -0.4 is 0 Å². The molecule has 80 valence electrons. The molecule has 1 aromatic rings. The Hall–Kier alpha value is -1.16. The molecule has 5 heteroatoms. The number of nitrogens with zero attached hydrogens (tertiary/aromatic N) is 2. The zero-order valence-electron chi connectivity index (χ0n) is 8.11. The Kier molecular flexibility index (Phi) is 2.86. The predicted molar refractivity (Wildman–Crippen MR) is 55.2 cm³/mol. The van der Waals surface area contributed by atoms with Crippen molar-refractivity contribution in [3.8, 4) is 0 Å². The molecule has 4 nitrogen and oxygen atoms in total. The van der Waals surface area contributed by atoms with Gasteiger partial charge in [-0.1, -0.05) is 24.4 Å². The van der Waals surface area contributed by atoms with Crippen LogP contribution in [0.1, 0.15) is 47.8 Å². The van der Waals surface area contributed by atoms with Gasteiger partial charge < -0.3 is 5.11 Å². The van der Waals surface area contributed by atoms with E-state index in [9.17, 15) is 4.79 Å². The predicted octanol–water partition coefficient (Wildman–Crippen LogP) is 2.49. The molecule has 0 aromatic carbocycles. The number of hydrogen-bond donors (Lipinski definition) is 1. The lowest BCUT2D eigenvalue weighted by molar-refractivity contribution is 0.0696. The summed E-state index contributed by atoms with van der Waals surface area (Å²) in [4.78, 5) is 18.8. The van der Waals surface area contributed by atoms with Crippen LogP contribution in [0.25, 0.3) is 0 Å². The van der Waals surface area contributed by atoms with E-state index in [1.54, 1.807) is 0 Å². The number of rotatable bonds is 2. The molecule has 0 aliphatic heterocycles. The lowest BCUT2D eigenvalue weighted by atomic mass is 10.1. The second-order valence-corrected chi connectivity index (χ2v) is 4.08. The van der Waals surface area contributed by atoms with E-state index in [0.29, 0.717) is 11.7 Å². The van der Waals surface area contributed by atoms with Crippen LogP contribution in [-0.2, 0) is 0 Å². The minimum absolute atomic E-state index is 0.0292. The van der Waals surface area contributed by atoms with Crippen LogP contribution in [0.3, 0.4) is 0 Å². The van der Waals surface area contributed by atoms with E-state index in [0.717, 1.165) is 12.8 Å². The highest BCUT2D eigenvalue weighted by Crippen LogP contribution is 2.32. The van der Waals surface area contributed by atoms with Gasteiger partial charge in [-0.2, -0.15) is 0 Å². The zero-order chi connectivity index (χ0) is 10.8. The van der Waals surface area contributed by atoms with Crippen molar-refractivity contribution in [2.45, 2.75) is 31.6 Å². The highest BCUT2D eigenvalue weighted by Gasteiger charge is 2.21. The topological polar surface area (TPSA) is 63.1 Å². The van der Waals surface area contributed by atoms with E-state index < -0.39 is 5.97 Å². The Labute approximate surface area is 92.3 Å². The summed E-state index contributed by atoms with van der Waals surface area (Å²) in [5.41, 5.74) is -0.0292. The summed E-state index contributed by atoms with van der Waals surface area (Å²) in [6.45, 7) is 0. The van der Waals surface area contributed by atoms with Gasteiger partial charge in [0.2, 0.25) is 0 Å². The van der Waals surface area contributed by atoms with Crippen LogP contribution >= 0.6 is 11.6 Å². The monoisotopic (exact) mass is 226 g/mol. The molecule has 0 spiro atoms. The molecule has 0 amide bonds. The Morgan fingerprint density at radius 2 is 2.13 bits per heavy atom. The highest BCUT2D eigenvalue weighted by atomic mass is 35.5. The second-order valence-electron chi connectivity index (χ2n) is 3.72. The van der Waals surface area contributed by atoms with Crippen LogP contribution in [0.4, 0.5) is 0 Å². The summed E-state index contributed by atoms with van der Waals surface area (Å²) in [5, 5.41) is 8.80. The first-order valence-electron chi connectivity index (χ1n) is 4.94. The second kappa shape index (κ2) is 4.14. The van der Waals surface area contributed by atoms with Crippen molar-refractivity contribution < 1.29 is 9.90 Å². The Morgan fingerprint density at radius 1 is 1.47 bits per heavy atom. The van der Waals surface area contributed by atoms with Gasteiger partial charge in [-0.25, -0.2) is 14.8 Å². The largest absolute Gasteiger partial charge is 0.478 e. The van der Waals surface area contributed by atoms with Crippen LogP contribution in [0.2, 0.25) is 5.15 Å². The Bertz CT molecular complexity index is 389. The van der Waals surface area contributed by atoms with Gasteiger partial charge in [-0.3, -0.25) is 0 Å². The number of carboxylic acids is 1. The fourth-order valence-corrected chi connectivity index (χ4v) is 2.11. The number of aromatic carboxylic acids is 1. The third kappa shape index (κ3) is 2.09. The normalized spacial score (nSPS) is 16.9. The smallest absolute Gasteiger partial charge is 0.340 e. The third-order valence-electron chi connectivity index (χ3n) is 2.71. The summed E-state index contributed by atoms with van der Waals surface area (Å²) >= 11 is 5.77. The Balaban J connectivity index is 2.28. The molecule has 0 saturated heterocycles. The molecule has 1 saturated carbocycles. The quantitative estimate of drug-likeness (QED) is 0.787. The van der Waals surface area contributed by atoms with Gasteiger partial charge in [0.25, 0.3) is 0 Å². The lowest BCUT2D eigenvalue weighted by Crippen LogP contribution is -2.06. The minimum Gasteiger partial charge on any atom is -0.478 e. The van der Waals surface area contributed by atoms with E-state index in [-0.39, 0.29) is 10.7 Å². The van der Waals surface area contributed by atoms with Crippen molar-refractivity contribution in [2.24, 2.45) is 0 Å². The van der Waals surface area contributed by atoms with Crippen molar-refractivity contribution in [3.05, 3.63) is 22.7 Å². The van der Waals surface area contributed by atoms with Gasteiger partial charge in [-0.05, 0) is 12.8 Å². The number of halogens is 1. The molecule has 0 atom stereocenters. The summed E-state index contributed by atoms with van der Waals surface area (Å²) < 4.78 is 0. The summed E-state index contributed by atoms with van der Waals surface area (Å²) in [7, 11) is 0. The van der Waals surface area contributed by atoms with Crippen molar-refractivity contribution in [1.82, 2.24) is 9.97 Å². The van der Waals surface area contributed by atoms with Crippen molar-refractivity contribution >= 4 is 17.6 Å². The number of aromatic nitrogens is 2. The van der Waals surface area contributed by atoms with Gasteiger partial charge >= 0.3 is 5.97 Å². The van der Waals surface area contributed by atoms with E-state index in [1.165, 1.54) is 19.0 Å². The highest BCUT2D eigenvalue weighted by molar-refractivity contribution is 6.32. The summed E-state index contributed by atoms with van der Waals surface area (Å²) in [6, 6.07) is 0. The summed E-state index contributed by atoms with van der Waals surface area (Å²) in [5.74, 6) is -0.0502. The molecular formula is C10H11ClN2O2. The molecule has 0 radical (unpaired) electrons. The first-order chi connectivity index (χ1) is 7.18. The SMILES string of the molecule is O=C(O)c1cnc(C2CCCC2)nc1Cl. The van der Waals surface area contributed by atoms with Gasteiger partial charge in [0.15, 0.2) is 0 Å². The maximum atomic E-state index is 10.7. The van der Waals surface area contributed by atoms with Crippen molar-refractivity contribution in [1.29, 1.82) is 0 Å². The van der Waals surface area contributed by atoms with Gasteiger partial charge in [-0.15, -0.1) is 0 Å².